The third-order valence-corrected chi connectivity index (χ3v) is 2.13. The van der Waals surface area contributed by atoms with Crippen LogP contribution in [-0.2, 0) is 10.9 Å². The first-order valence-corrected chi connectivity index (χ1v) is 5.41. The van der Waals surface area contributed by atoms with E-state index in [1.165, 1.54) is 6.07 Å². The molecule has 19 heavy (non-hydrogen) atoms. The molecule has 0 unspecified atom stereocenters. The molecule has 4 nitrogen and oxygen atoms in total. The van der Waals surface area contributed by atoms with E-state index in [4.69, 9.17) is 19.8 Å². The smallest absolute Gasteiger partial charge is 0.420 e. The number of nitrogens with zero attached hydrogens (tertiary/aromatic N) is 1. The topological polar surface area (TPSA) is 62.5 Å². The summed E-state index contributed by atoms with van der Waals surface area (Å²) in [6.45, 7) is -0.0691. The summed E-state index contributed by atoms with van der Waals surface area (Å²) in [5, 5.41) is 17.0. The van der Waals surface area contributed by atoms with Crippen LogP contribution in [0.3, 0.4) is 0 Å². The van der Waals surface area contributed by atoms with Crippen LogP contribution in [0.2, 0.25) is 0 Å². The number of alkyl halides is 3. The fourth-order valence-corrected chi connectivity index (χ4v) is 1.32. The Morgan fingerprint density at radius 2 is 1.95 bits per heavy atom. The maximum Gasteiger partial charge on any atom is 0.420 e. The van der Waals surface area contributed by atoms with Gasteiger partial charge in [-0.25, -0.2) is 0 Å². The lowest BCUT2D eigenvalue weighted by atomic mass is 10.1. The zero-order valence-electron chi connectivity index (χ0n) is 9.91. The average molecular weight is 275 g/mol. The standard InChI is InChI=1S/C12H12F3NO3/c13-12(14,15)10-7-9(8-16)1-2-11(10)19-6-5-18-4-3-17/h1-2,7,17H,3-6H2. The van der Waals surface area contributed by atoms with Crippen LogP contribution in [0, 0.1) is 11.3 Å². The minimum absolute atomic E-state index is 0.0673. The summed E-state index contributed by atoms with van der Waals surface area (Å²) in [6.07, 6.45) is -4.59. The summed E-state index contributed by atoms with van der Waals surface area (Å²) in [4.78, 5) is 0. The Morgan fingerprint density at radius 1 is 1.21 bits per heavy atom. The van der Waals surface area contributed by atoms with Gasteiger partial charge in [-0.1, -0.05) is 0 Å². The number of hydrogen-bond donors (Lipinski definition) is 1. The molecule has 0 spiro atoms. The van der Waals surface area contributed by atoms with Gasteiger partial charge in [-0.2, -0.15) is 18.4 Å². The van der Waals surface area contributed by atoms with Crippen LogP contribution in [-0.4, -0.2) is 31.5 Å². The zero-order chi connectivity index (χ0) is 14.3. The fourth-order valence-electron chi connectivity index (χ4n) is 1.32. The molecule has 0 amide bonds. The molecule has 1 rings (SSSR count). The van der Waals surface area contributed by atoms with E-state index in [0.717, 1.165) is 12.1 Å². The van der Waals surface area contributed by atoms with Crippen molar-refractivity contribution in [2.75, 3.05) is 26.4 Å². The van der Waals surface area contributed by atoms with Crippen molar-refractivity contribution in [3.05, 3.63) is 29.3 Å². The molecule has 0 fully saturated rings. The fraction of sp³-hybridized carbons (Fsp3) is 0.417. The molecule has 1 aromatic carbocycles. The van der Waals surface area contributed by atoms with E-state index in [1.54, 1.807) is 6.07 Å². The average Bonchev–Trinajstić information content (AvgIpc) is 2.37. The lowest BCUT2D eigenvalue weighted by molar-refractivity contribution is -0.139. The molecule has 0 saturated heterocycles. The van der Waals surface area contributed by atoms with E-state index in [9.17, 15) is 13.2 Å². The summed E-state index contributed by atoms with van der Waals surface area (Å²) in [7, 11) is 0. The second-order valence-corrected chi connectivity index (χ2v) is 3.50. The van der Waals surface area contributed by atoms with Gasteiger partial charge >= 0.3 is 6.18 Å². The number of rotatable bonds is 6. The maximum absolute atomic E-state index is 12.7. The number of nitriles is 1. The quantitative estimate of drug-likeness (QED) is 0.806. The van der Waals surface area contributed by atoms with Crippen molar-refractivity contribution in [1.29, 1.82) is 5.26 Å². The number of ether oxygens (including phenoxy) is 2. The molecule has 0 radical (unpaired) electrons. The molecular weight excluding hydrogens is 263 g/mol. The number of aliphatic hydroxyl groups excluding tert-OH is 1. The highest BCUT2D eigenvalue weighted by atomic mass is 19.4. The van der Waals surface area contributed by atoms with E-state index in [0.29, 0.717) is 0 Å². The van der Waals surface area contributed by atoms with Crippen molar-refractivity contribution in [2.45, 2.75) is 6.18 Å². The third-order valence-electron chi connectivity index (χ3n) is 2.13. The Bertz CT molecular complexity index is 455. The van der Waals surface area contributed by atoms with E-state index in [2.05, 4.69) is 0 Å². The molecule has 0 saturated carbocycles. The number of halogens is 3. The van der Waals surface area contributed by atoms with Crippen LogP contribution in [0.15, 0.2) is 18.2 Å². The highest BCUT2D eigenvalue weighted by Crippen LogP contribution is 2.36. The summed E-state index contributed by atoms with van der Waals surface area (Å²) < 4.78 is 48.1. The van der Waals surface area contributed by atoms with Crippen molar-refractivity contribution >= 4 is 0 Å². The van der Waals surface area contributed by atoms with Gasteiger partial charge in [0.05, 0.1) is 37.0 Å². The summed E-state index contributed by atoms with van der Waals surface area (Å²) >= 11 is 0. The van der Waals surface area contributed by atoms with Gasteiger partial charge in [-0.05, 0) is 18.2 Å². The minimum Gasteiger partial charge on any atom is -0.491 e. The Kier molecular flexibility index (Phi) is 5.60. The molecule has 0 aliphatic rings. The molecule has 0 bridgehead atoms. The third kappa shape index (κ3) is 4.77. The molecule has 0 heterocycles. The van der Waals surface area contributed by atoms with Gasteiger partial charge in [0.25, 0.3) is 0 Å². The van der Waals surface area contributed by atoms with Crippen molar-refractivity contribution < 1.29 is 27.8 Å². The summed E-state index contributed by atoms with van der Waals surface area (Å²) in [6, 6.07) is 4.74. The van der Waals surface area contributed by atoms with Crippen LogP contribution in [0.4, 0.5) is 13.2 Å². The highest BCUT2D eigenvalue weighted by molar-refractivity contribution is 5.43. The zero-order valence-corrected chi connectivity index (χ0v) is 9.91. The van der Waals surface area contributed by atoms with Crippen LogP contribution >= 0.6 is 0 Å². The minimum atomic E-state index is -4.59. The lowest BCUT2D eigenvalue weighted by Crippen LogP contribution is -2.13. The van der Waals surface area contributed by atoms with Crippen LogP contribution in [0.25, 0.3) is 0 Å². The van der Waals surface area contributed by atoms with Gasteiger partial charge in [0, 0.05) is 0 Å². The maximum atomic E-state index is 12.7. The molecule has 7 heteroatoms. The second kappa shape index (κ2) is 6.97. The van der Waals surface area contributed by atoms with Gasteiger partial charge in [0.15, 0.2) is 0 Å². The van der Waals surface area contributed by atoms with Crippen molar-refractivity contribution in [2.24, 2.45) is 0 Å². The summed E-state index contributed by atoms with van der Waals surface area (Å²) in [5.41, 5.74) is -1.08. The molecular formula is C12H12F3NO3. The largest absolute Gasteiger partial charge is 0.491 e. The van der Waals surface area contributed by atoms with Crippen LogP contribution < -0.4 is 4.74 Å². The monoisotopic (exact) mass is 275 g/mol. The normalized spacial score (nSPS) is 11.1. The Hall–Kier alpha value is -1.78. The Morgan fingerprint density at radius 3 is 2.53 bits per heavy atom. The first-order valence-electron chi connectivity index (χ1n) is 5.41. The van der Waals surface area contributed by atoms with Gasteiger partial charge in [0.2, 0.25) is 0 Å². The van der Waals surface area contributed by atoms with Gasteiger partial charge in [0.1, 0.15) is 12.4 Å². The number of aliphatic hydroxyl groups is 1. The van der Waals surface area contributed by atoms with Gasteiger partial charge in [-0.3, -0.25) is 0 Å². The highest BCUT2D eigenvalue weighted by Gasteiger charge is 2.34. The first-order chi connectivity index (χ1) is 8.99. The van der Waals surface area contributed by atoms with Crippen LogP contribution in [0.5, 0.6) is 5.75 Å². The molecule has 1 aromatic rings. The van der Waals surface area contributed by atoms with E-state index in [-0.39, 0.29) is 37.7 Å². The molecule has 0 aliphatic carbocycles. The van der Waals surface area contributed by atoms with Gasteiger partial charge < -0.3 is 14.6 Å². The predicted octanol–water partition coefficient (Wildman–Crippen LogP) is 1.96. The van der Waals surface area contributed by atoms with Crippen molar-refractivity contribution in [3.8, 4) is 11.8 Å². The molecule has 0 aromatic heterocycles. The van der Waals surface area contributed by atoms with E-state index in [1.807, 2.05) is 0 Å². The molecule has 1 N–H and O–H groups in total. The van der Waals surface area contributed by atoms with Crippen LogP contribution in [0.1, 0.15) is 11.1 Å². The predicted molar refractivity (Wildman–Crippen MR) is 59.6 cm³/mol. The Balaban J connectivity index is 2.74. The molecule has 104 valence electrons. The summed E-state index contributed by atoms with van der Waals surface area (Å²) in [5.74, 6) is -0.348. The van der Waals surface area contributed by atoms with E-state index < -0.39 is 11.7 Å². The van der Waals surface area contributed by atoms with Gasteiger partial charge in [-0.15, -0.1) is 0 Å². The Labute approximate surface area is 108 Å². The molecule has 0 aliphatic heterocycles. The number of hydrogen-bond acceptors (Lipinski definition) is 4. The lowest BCUT2D eigenvalue weighted by Gasteiger charge is -2.14. The van der Waals surface area contributed by atoms with E-state index >= 15 is 0 Å². The first kappa shape index (κ1) is 15.3. The second-order valence-electron chi connectivity index (χ2n) is 3.50. The SMILES string of the molecule is N#Cc1ccc(OCCOCCO)c(C(F)(F)F)c1. The van der Waals surface area contributed by atoms with Crippen molar-refractivity contribution in [1.82, 2.24) is 0 Å². The van der Waals surface area contributed by atoms with Crippen molar-refractivity contribution in [3.63, 3.8) is 0 Å². The number of benzene rings is 1. The molecule has 0 atom stereocenters.